The molecule has 0 saturated carbocycles. The summed E-state index contributed by atoms with van der Waals surface area (Å²) in [4.78, 5) is 0. The van der Waals surface area contributed by atoms with Crippen LogP contribution in [0.15, 0.2) is 0 Å². The number of rotatable bonds is 0. The molecule has 2 unspecified atom stereocenters. The van der Waals surface area contributed by atoms with Crippen molar-refractivity contribution in [1.29, 1.82) is 0 Å². The number of thioether (sulfide) groups is 1. The quantitative estimate of drug-likeness (QED) is 0.573. The minimum Gasteiger partial charge on any atom is -0.235 e. The Labute approximate surface area is 72.5 Å². The van der Waals surface area contributed by atoms with Crippen molar-refractivity contribution in [2.24, 2.45) is 0 Å². The van der Waals surface area contributed by atoms with Crippen LogP contribution in [-0.2, 0) is 0 Å². The van der Waals surface area contributed by atoms with Gasteiger partial charge in [0, 0.05) is 6.42 Å². The van der Waals surface area contributed by atoms with Gasteiger partial charge in [-0.15, -0.1) is 0 Å². The minimum absolute atomic E-state index is 0.938. The third-order valence-electron chi connectivity index (χ3n) is 1.63. The lowest BCUT2D eigenvalue weighted by Crippen LogP contribution is -2.50. The molecule has 1 aliphatic heterocycles. The third-order valence-corrected chi connectivity index (χ3v) is 2.67. The standard InChI is InChI=1S/C5H3F7S/c6-2-1-3(7,4(8,9)10)5(11,12)13-2/h2H,1H2. The van der Waals surface area contributed by atoms with Crippen molar-refractivity contribution >= 4 is 11.8 Å². The highest BCUT2D eigenvalue weighted by atomic mass is 32.2. The topological polar surface area (TPSA) is 0 Å². The summed E-state index contributed by atoms with van der Waals surface area (Å²) in [5.41, 5.74) is -7.27. The van der Waals surface area contributed by atoms with Gasteiger partial charge in [-0.05, 0) is 11.8 Å². The lowest BCUT2D eigenvalue weighted by atomic mass is 10.0. The molecular weight excluding hydrogens is 225 g/mol. The van der Waals surface area contributed by atoms with Crippen LogP contribution >= 0.6 is 11.8 Å². The van der Waals surface area contributed by atoms with Crippen LogP contribution in [-0.4, -0.2) is 22.6 Å². The van der Waals surface area contributed by atoms with E-state index < -0.39 is 40.8 Å². The van der Waals surface area contributed by atoms with Gasteiger partial charge in [0.1, 0.15) is 0 Å². The van der Waals surface area contributed by atoms with Crippen LogP contribution in [0.3, 0.4) is 0 Å². The Balaban J connectivity index is 3.03. The normalized spacial score (nSPS) is 39.5. The van der Waals surface area contributed by atoms with E-state index in [1.54, 1.807) is 0 Å². The molecule has 0 aromatic heterocycles. The lowest BCUT2D eigenvalue weighted by Gasteiger charge is -2.27. The first kappa shape index (κ1) is 10.9. The second kappa shape index (κ2) is 2.68. The predicted molar refractivity (Wildman–Crippen MR) is 31.9 cm³/mol. The van der Waals surface area contributed by atoms with Crippen molar-refractivity contribution < 1.29 is 30.7 Å². The van der Waals surface area contributed by atoms with E-state index in [4.69, 9.17) is 0 Å². The molecule has 0 aromatic carbocycles. The molecule has 1 rings (SSSR count). The Bertz CT molecular complexity index is 211. The minimum atomic E-state index is -5.75. The Kier molecular flexibility index (Phi) is 2.25. The number of hydrogen-bond acceptors (Lipinski definition) is 1. The fourth-order valence-electron chi connectivity index (χ4n) is 0.916. The summed E-state index contributed by atoms with van der Waals surface area (Å²) >= 11 is -0.938. The van der Waals surface area contributed by atoms with Gasteiger partial charge in [0.2, 0.25) is 0 Å². The number of alkyl halides is 7. The molecule has 0 bridgehead atoms. The van der Waals surface area contributed by atoms with Crippen molar-refractivity contribution in [3.05, 3.63) is 0 Å². The largest absolute Gasteiger partial charge is 0.429 e. The number of halogens is 7. The summed E-state index contributed by atoms with van der Waals surface area (Å²) in [6, 6.07) is 0. The van der Waals surface area contributed by atoms with Gasteiger partial charge >= 0.3 is 11.4 Å². The molecule has 0 radical (unpaired) electrons. The first-order chi connectivity index (χ1) is 5.60. The monoisotopic (exact) mass is 228 g/mol. The Morgan fingerprint density at radius 1 is 1.15 bits per heavy atom. The zero-order valence-corrected chi connectivity index (χ0v) is 6.65. The maximum atomic E-state index is 12.7. The fourth-order valence-corrected chi connectivity index (χ4v) is 1.94. The van der Waals surface area contributed by atoms with Gasteiger partial charge in [-0.25, -0.2) is 8.78 Å². The van der Waals surface area contributed by atoms with E-state index in [2.05, 4.69) is 0 Å². The van der Waals surface area contributed by atoms with E-state index in [0.717, 1.165) is 0 Å². The Morgan fingerprint density at radius 3 is 1.77 bits per heavy atom. The van der Waals surface area contributed by atoms with E-state index in [0.29, 0.717) is 0 Å². The van der Waals surface area contributed by atoms with E-state index in [9.17, 15) is 30.7 Å². The molecule has 1 fully saturated rings. The smallest absolute Gasteiger partial charge is 0.235 e. The van der Waals surface area contributed by atoms with Crippen LogP contribution in [0.5, 0.6) is 0 Å². The zero-order chi connectivity index (χ0) is 10.5. The average molecular weight is 228 g/mol. The van der Waals surface area contributed by atoms with Crippen LogP contribution in [0, 0.1) is 0 Å². The van der Waals surface area contributed by atoms with Gasteiger partial charge in [0.25, 0.3) is 5.67 Å². The molecule has 13 heavy (non-hydrogen) atoms. The highest BCUT2D eigenvalue weighted by Gasteiger charge is 2.76. The summed E-state index contributed by atoms with van der Waals surface area (Å²) in [7, 11) is 0. The maximum Gasteiger partial charge on any atom is 0.429 e. The van der Waals surface area contributed by atoms with Gasteiger partial charge in [-0.1, -0.05) is 0 Å². The molecule has 1 aliphatic rings. The van der Waals surface area contributed by atoms with Gasteiger partial charge < -0.3 is 0 Å². The molecule has 0 spiro atoms. The molecule has 0 amide bonds. The Hall–Kier alpha value is -0.140. The van der Waals surface area contributed by atoms with E-state index in [1.807, 2.05) is 0 Å². The summed E-state index contributed by atoms with van der Waals surface area (Å²) in [6.45, 7) is 0. The summed E-state index contributed by atoms with van der Waals surface area (Å²) in [6.07, 6.45) is -7.60. The van der Waals surface area contributed by atoms with Gasteiger partial charge in [0.15, 0.2) is 5.50 Å². The summed E-state index contributed by atoms with van der Waals surface area (Å²) < 4.78 is 85.0. The molecule has 1 saturated heterocycles. The predicted octanol–water partition coefficient (Wildman–Crippen LogP) is 3.28. The molecule has 0 aliphatic carbocycles. The highest BCUT2D eigenvalue weighted by molar-refractivity contribution is 8.01. The fraction of sp³-hybridized carbons (Fsp3) is 1.00. The Morgan fingerprint density at radius 2 is 1.62 bits per heavy atom. The molecular formula is C5H3F7S. The molecule has 78 valence electrons. The van der Waals surface area contributed by atoms with Crippen molar-refractivity contribution in [3.8, 4) is 0 Å². The van der Waals surface area contributed by atoms with Crippen LogP contribution < -0.4 is 0 Å². The van der Waals surface area contributed by atoms with Crippen LogP contribution in [0.25, 0.3) is 0 Å². The van der Waals surface area contributed by atoms with E-state index in [-0.39, 0.29) is 0 Å². The van der Waals surface area contributed by atoms with Crippen LogP contribution in [0.4, 0.5) is 30.7 Å². The first-order valence-corrected chi connectivity index (χ1v) is 3.93. The third kappa shape index (κ3) is 1.49. The molecule has 8 heteroatoms. The summed E-state index contributed by atoms with van der Waals surface area (Å²) in [5, 5.41) is -4.75. The van der Waals surface area contributed by atoms with Crippen molar-refractivity contribution in [1.82, 2.24) is 0 Å². The van der Waals surface area contributed by atoms with Gasteiger partial charge in [-0.3, -0.25) is 0 Å². The average Bonchev–Trinajstić information content (AvgIpc) is 2.00. The maximum absolute atomic E-state index is 12.7. The molecule has 2 atom stereocenters. The van der Waals surface area contributed by atoms with Crippen LogP contribution in [0.1, 0.15) is 6.42 Å². The number of hydrogen-bond donors (Lipinski definition) is 0. The van der Waals surface area contributed by atoms with Crippen LogP contribution in [0.2, 0.25) is 0 Å². The molecule has 0 aromatic rings. The first-order valence-electron chi connectivity index (χ1n) is 3.05. The van der Waals surface area contributed by atoms with E-state index in [1.165, 1.54) is 0 Å². The van der Waals surface area contributed by atoms with Crippen molar-refractivity contribution in [2.45, 2.75) is 29.0 Å². The zero-order valence-electron chi connectivity index (χ0n) is 5.84. The second-order valence-corrected chi connectivity index (χ2v) is 3.81. The van der Waals surface area contributed by atoms with Gasteiger partial charge in [0.05, 0.1) is 0 Å². The molecule has 0 N–H and O–H groups in total. The van der Waals surface area contributed by atoms with E-state index >= 15 is 0 Å². The molecule has 1 heterocycles. The summed E-state index contributed by atoms with van der Waals surface area (Å²) in [5.74, 6) is 0. The van der Waals surface area contributed by atoms with Crippen molar-refractivity contribution in [2.75, 3.05) is 0 Å². The SMILES string of the molecule is FC1CC(F)(C(F)(F)F)C(F)(F)S1. The van der Waals surface area contributed by atoms with Crippen molar-refractivity contribution in [3.63, 3.8) is 0 Å². The second-order valence-electron chi connectivity index (χ2n) is 2.55. The lowest BCUT2D eigenvalue weighted by molar-refractivity contribution is -0.275. The van der Waals surface area contributed by atoms with Gasteiger partial charge in [-0.2, -0.15) is 22.0 Å². The highest BCUT2D eigenvalue weighted by Crippen LogP contribution is 2.60. The molecule has 0 nitrogen and oxygen atoms in total.